The van der Waals surface area contributed by atoms with Gasteiger partial charge in [-0.15, -0.1) is 0 Å². The molecule has 1 N–H and O–H groups in total. The molecule has 30 heavy (non-hydrogen) atoms. The Bertz CT molecular complexity index is 1110. The Labute approximate surface area is 173 Å². The third-order valence-corrected chi connectivity index (χ3v) is 5.86. The maximum Gasteiger partial charge on any atom is 0.195 e. The second kappa shape index (κ2) is 7.11. The normalized spacial score (nSPS) is 18.1. The van der Waals surface area contributed by atoms with E-state index in [0.717, 1.165) is 12.1 Å². The number of aryl methyl sites for hydroxylation is 1. The van der Waals surface area contributed by atoms with Gasteiger partial charge in [0.2, 0.25) is 0 Å². The minimum atomic E-state index is -1.56. The van der Waals surface area contributed by atoms with Crippen molar-refractivity contribution in [2.24, 2.45) is 10.8 Å². The number of hydrogen-bond acceptors (Lipinski definition) is 3. The van der Waals surface area contributed by atoms with Gasteiger partial charge >= 0.3 is 0 Å². The highest BCUT2D eigenvalue weighted by atomic mass is 19.2. The summed E-state index contributed by atoms with van der Waals surface area (Å²) in [6.07, 6.45) is 0.424. The van der Waals surface area contributed by atoms with Crippen molar-refractivity contribution < 1.29 is 27.9 Å². The van der Waals surface area contributed by atoms with Crippen LogP contribution >= 0.6 is 0 Å². The zero-order valence-electron chi connectivity index (χ0n) is 17.5. The van der Waals surface area contributed by atoms with Gasteiger partial charge in [-0.05, 0) is 62.9 Å². The van der Waals surface area contributed by atoms with Gasteiger partial charge in [0.25, 0.3) is 0 Å². The molecule has 0 fully saturated rings. The second-order valence-electron chi connectivity index (χ2n) is 8.58. The van der Waals surface area contributed by atoms with Gasteiger partial charge in [-0.2, -0.15) is 0 Å². The number of aliphatic hydroxyl groups excluding tert-OH is 1. The number of aliphatic hydroxyl groups is 1. The standard InChI is InChI=1S/C24H23F3O3/c1-6-12-11-13(15-9-10-16(25)19(27)18(15)26)7-8-14(12)17-20(28)23(2,3)22(30)24(4,5)21(17)29/h7-11,28H,6H2,1-5H3. The molecule has 0 aliphatic heterocycles. The molecule has 0 spiro atoms. The van der Waals surface area contributed by atoms with E-state index in [1.54, 1.807) is 26.0 Å². The Morgan fingerprint density at radius 2 is 1.47 bits per heavy atom. The van der Waals surface area contributed by atoms with Gasteiger partial charge in [0.1, 0.15) is 5.76 Å². The molecule has 6 heteroatoms. The average molecular weight is 416 g/mol. The maximum atomic E-state index is 14.3. The van der Waals surface area contributed by atoms with Gasteiger partial charge in [0, 0.05) is 5.56 Å². The summed E-state index contributed by atoms with van der Waals surface area (Å²) in [5, 5.41) is 10.8. The van der Waals surface area contributed by atoms with E-state index < -0.39 is 34.1 Å². The number of Topliss-reactive ketones (excluding diaryl/α,β-unsaturated/α-hetero) is 2. The molecule has 2 aromatic rings. The highest BCUT2D eigenvalue weighted by Gasteiger charge is 2.53. The van der Waals surface area contributed by atoms with Gasteiger partial charge in [0.15, 0.2) is 29.0 Å². The van der Waals surface area contributed by atoms with E-state index in [1.807, 2.05) is 6.92 Å². The lowest BCUT2D eigenvalue weighted by Gasteiger charge is -2.38. The van der Waals surface area contributed by atoms with Crippen LogP contribution in [0.4, 0.5) is 13.2 Å². The first-order chi connectivity index (χ1) is 13.9. The maximum absolute atomic E-state index is 14.3. The summed E-state index contributed by atoms with van der Waals surface area (Å²) >= 11 is 0. The molecule has 0 saturated heterocycles. The fourth-order valence-corrected chi connectivity index (χ4v) is 4.02. The van der Waals surface area contributed by atoms with Crippen LogP contribution in [0.3, 0.4) is 0 Å². The first kappa shape index (κ1) is 21.8. The molecule has 2 aromatic carbocycles. The average Bonchev–Trinajstić information content (AvgIpc) is 2.70. The summed E-state index contributed by atoms with van der Waals surface area (Å²) in [5.74, 6) is -5.31. The minimum Gasteiger partial charge on any atom is -0.510 e. The number of rotatable bonds is 3. The smallest absolute Gasteiger partial charge is 0.195 e. The Kier molecular flexibility index (Phi) is 5.17. The summed E-state index contributed by atoms with van der Waals surface area (Å²) in [4.78, 5) is 25.9. The molecule has 0 radical (unpaired) electrons. The van der Waals surface area contributed by atoms with E-state index in [9.17, 15) is 27.9 Å². The SMILES string of the molecule is CCc1cc(-c2ccc(F)c(F)c2F)ccc1C1=C(O)C(C)(C)C(=O)C(C)(C)C1=O. The molecule has 0 bridgehead atoms. The molecule has 0 saturated carbocycles. The molecule has 3 nitrogen and oxygen atoms in total. The summed E-state index contributed by atoms with van der Waals surface area (Å²) in [5.41, 5.74) is -1.28. The Morgan fingerprint density at radius 3 is 2.07 bits per heavy atom. The van der Waals surface area contributed by atoms with Crippen molar-refractivity contribution in [2.75, 3.05) is 0 Å². The van der Waals surface area contributed by atoms with E-state index in [2.05, 4.69) is 0 Å². The molecule has 1 aliphatic carbocycles. The molecule has 0 amide bonds. The highest BCUT2D eigenvalue weighted by Crippen LogP contribution is 2.47. The van der Waals surface area contributed by atoms with Crippen molar-refractivity contribution in [1.82, 2.24) is 0 Å². The molecule has 158 valence electrons. The second-order valence-corrected chi connectivity index (χ2v) is 8.58. The summed E-state index contributed by atoms with van der Waals surface area (Å²) in [6.45, 7) is 8.01. The minimum absolute atomic E-state index is 0.0544. The third-order valence-electron chi connectivity index (χ3n) is 5.86. The van der Waals surface area contributed by atoms with E-state index in [1.165, 1.54) is 19.9 Å². The lowest BCUT2D eigenvalue weighted by atomic mass is 9.62. The quantitative estimate of drug-likeness (QED) is 0.508. The Balaban J connectivity index is 2.24. The third kappa shape index (κ3) is 3.06. The number of ketones is 2. The van der Waals surface area contributed by atoms with E-state index in [-0.39, 0.29) is 22.7 Å². The predicted molar refractivity (Wildman–Crippen MR) is 108 cm³/mol. The monoisotopic (exact) mass is 416 g/mol. The molecular weight excluding hydrogens is 393 g/mol. The Morgan fingerprint density at radius 1 is 0.867 bits per heavy atom. The first-order valence-corrected chi connectivity index (χ1v) is 9.66. The predicted octanol–water partition coefficient (Wildman–Crippen LogP) is 5.81. The number of benzene rings is 2. The summed E-state index contributed by atoms with van der Waals surface area (Å²) in [6, 6.07) is 6.60. The van der Waals surface area contributed by atoms with Crippen molar-refractivity contribution in [2.45, 2.75) is 41.0 Å². The number of carbonyl (C=O) groups is 2. The van der Waals surface area contributed by atoms with E-state index in [0.29, 0.717) is 23.1 Å². The van der Waals surface area contributed by atoms with Crippen LogP contribution in [0.2, 0.25) is 0 Å². The van der Waals surface area contributed by atoms with Crippen molar-refractivity contribution in [1.29, 1.82) is 0 Å². The fraction of sp³-hybridized carbons (Fsp3) is 0.333. The zero-order chi connectivity index (χ0) is 22.6. The summed E-state index contributed by atoms with van der Waals surface area (Å²) in [7, 11) is 0. The van der Waals surface area contributed by atoms with E-state index >= 15 is 0 Å². The lowest BCUT2D eigenvalue weighted by molar-refractivity contribution is -0.143. The van der Waals surface area contributed by atoms with Crippen LogP contribution < -0.4 is 0 Å². The van der Waals surface area contributed by atoms with Gasteiger partial charge in [-0.25, -0.2) is 13.2 Å². The first-order valence-electron chi connectivity index (χ1n) is 9.66. The van der Waals surface area contributed by atoms with Gasteiger partial charge in [-0.1, -0.05) is 25.1 Å². The molecular formula is C24H23F3O3. The van der Waals surface area contributed by atoms with Crippen molar-refractivity contribution in [3.63, 3.8) is 0 Å². The number of halogens is 3. The molecule has 0 aromatic heterocycles. The topological polar surface area (TPSA) is 54.4 Å². The highest BCUT2D eigenvalue weighted by molar-refractivity contribution is 6.33. The molecule has 3 rings (SSSR count). The number of allylic oxidation sites excluding steroid dienone is 2. The number of carbonyl (C=O) groups excluding carboxylic acids is 2. The van der Waals surface area contributed by atoms with Crippen LogP contribution in [0, 0.1) is 28.3 Å². The van der Waals surface area contributed by atoms with Crippen molar-refractivity contribution in [3.8, 4) is 11.1 Å². The van der Waals surface area contributed by atoms with Crippen molar-refractivity contribution in [3.05, 3.63) is 64.7 Å². The largest absolute Gasteiger partial charge is 0.510 e. The molecule has 0 heterocycles. The van der Waals surface area contributed by atoms with Gasteiger partial charge < -0.3 is 5.11 Å². The van der Waals surface area contributed by atoms with Gasteiger partial charge in [0.05, 0.1) is 16.4 Å². The van der Waals surface area contributed by atoms with Crippen LogP contribution in [-0.4, -0.2) is 16.7 Å². The van der Waals surface area contributed by atoms with Crippen LogP contribution in [0.5, 0.6) is 0 Å². The molecule has 1 aliphatic rings. The Hall–Kier alpha value is -2.89. The van der Waals surface area contributed by atoms with Crippen LogP contribution in [0.25, 0.3) is 16.7 Å². The van der Waals surface area contributed by atoms with Gasteiger partial charge in [-0.3, -0.25) is 9.59 Å². The molecule has 0 unspecified atom stereocenters. The lowest BCUT2D eigenvalue weighted by Crippen LogP contribution is -2.48. The van der Waals surface area contributed by atoms with E-state index in [4.69, 9.17) is 0 Å². The fourth-order valence-electron chi connectivity index (χ4n) is 4.02. The van der Waals surface area contributed by atoms with Crippen LogP contribution in [-0.2, 0) is 16.0 Å². The molecule has 0 atom stereocenters. The van der Waals surface area contributed by atoms with Crippen LogP contribution in [0.15, 0.2) is 36.1 Å². The summed E-state index contributed by atoms with van der Waals surface area (Å²) < 4.78 is 41.2. The van der Waals surface area contributed by atoms with Crippen LogP contribution in [0.1, 0.15) is 45.7 Å². The zero-order valence-corrected chi connectivity index (χ0v) is 17.5. The number of hydrogen-bond donors (Lipinski definition) is 1. The van der Waals surface area contributed by atoms with Crippen molar-refractivity contribution >= 4 is 17.1 Å².